The number of hydrogen-bond donors (Lipinski definition) is 2. The summed E-state index contributed by atoms with van der Waals surface area (Å²) in [6, 6.07) is 0.0158. The van der Waals surface area contributed by atoms with E-state index in [1.165, 1.54) is 5.56 Å². The molecule has 0 saturated heterocycles. The topological polar surface area (TPSA) is 75.1 Å². The molecule has 5 nitrogen and oxygen atoms in total. The first-order valence-corrected chi connectivity index (χ1v) is 6.58. The zero-order valence-electron chi connectivity index (χ0n) is 10.2. The van der Waals surface area contributed by atoms with Gasteiger partial charge in [-0.15, -0.1) is 0 Å². The molecular formula is C13H17N3O2. The number of nitrogens with zero attached hydrogens (tertiary/aromatic N) is 2. The molecule has 2 aliphatic carbocycles. The number of aliphatic carboxylic acids is 1. The molecule has 1 heterocycles. The van der Waals surface area contributed by atoms with Gasteiger partial charge in [0.2, 0.25) is 0 Å². The molecule has 0 amide bonds. The highest BCUT2D eigenvalue weighted by Crippen LogP contribution is 2.31. The summed E-state index contributed by atoms with van der Waals surface area (Å²) < 4.78 is 0. The molecule has 2 atom stereocenters. The van der Waals surface area contributed by atoms with Crippen LogP contribution in [0.15, 0.2) is 6.33 Å². The number of carboxylic acid groups (broad SMARTS) is 1. The lowest BCUT2D eigenvalue weighted by Crippen LogP contribution is -2.30. The number of hydrogen-bond acceptors (Lipinski definition) is 4. The van der Waals surface area contributed by atoms with Crippen molar-refractivity contribution >= 4 is 11.8 Å². The van der Waals surface area contributed by atoms with Gasteiger partial charge >= 0.3 is 5.97 Å². The molecule has 1 fully saturated rings. The van der Waals surface area contributed by atoms with E-state index in [0.717, 1.165) is 50.0 Å². The van der Waals surface area contributed by atoms with E-state index >= 15 is 0 Å². The SMILES string of the molecule is O=C(O)C1CCCC1Nc1ncnc2c1CCC2. The van der Waals surface area contributed by atoms with Gasteiger partial charge < -0.3 is 10.4 Å². The molecule has 2 N–H and O–H groups in total. The van der Waals surface area contributed by atoms with Crippen molar-refractivity contribution in [3.8, 4) is 0 Å². The van der Waals surface area contributed by atoms with E-state index in [0.29, 0.717) is 0 Å². The van der Waals surface area contributed by atoms with E-state index in [2.05, 4.69) is 15.3 Å². The van der Waals surface area contributed by atoms with Gasteiger partial charge in [-0.2, -0.15) is 0 Å². The zero-order valence-corrected chi connectivity index (χ0v) is 10.2. The predicted octanol–water partition coefficient (Wildman–Crippen LogP) is 1.63. The first-order valence-electron chi connectivity index (χ1n) is 6.58. The summed E-state index contributed by atoms with van der Waals surface area (Å²) in [7, 11) is 0. The third-order valence-corrected chi connectivity index (χ3v) is 4.03. The largest absolute Gasteiger partial charge is 0.481 e. The van der Waals surface area contributed by atoms with Crippen LogP contribution >= 0.6 is 0 Å². The van der Waals surface area contributed by atoms with Gasteiger partial charge in [-0.25, -0.2) is 9.97 Å². The van der Waals surface area contributed by atoms with E-state index < -0.39 is 5.97 Å². The Hall–Kier alpha value is -1.65. The van der Waals surface area contributed by atoms with Crippen LogP contribution in [0.3, 0.4) is 0 Å². The van der Waals surface area contributed by atoms with Crippen LogP contribution in [0.5, 0.6) is 0 Å². The van der Waals surface area contributed by atoms with Crippen LogP contribution in [0, 0.1) is 5.92 Å². The van der Waals surface area contributed by atoms with Crippen molar-refractivity contribution < 1.29 is 9.90 Å². The van der Waals surface area contributed by atoms with Crippen molar-refractivity contribution in [3.63, 3.8) is 0 Å². The number of aryl methyl sites for hydroxylation is 1. The normalized spacial score (nSPS) is 26.0. The highest BCUT2D eigenvalue weighted by Gasteiger charge is 2.33. The maximum Gasteiger partial charge on any atom is 0.308 e. The summed E-state index contributed by atoms with van der Waals surface area (Å²) in [4.78, 5) is 19.7. The van der Waals surface area contributed by atoms with Crippen molar-refractivity contribution in [2.24, 2.45) is 5.92 Å². The lowest BCUT2D eigenvalue weighted by Gasteiger charge is -2.19. The van der Waals surface area contributed by atoms with Crippen molar-refractivity contribution in [1.82, 2.24) is 9.97 Å². The second-order valence-electron chi connectivity index (χ2n) is 5.13. The minimum atomic E-state index is -0.698. The van der Waals surface area contributed by atoms with Gasteiger partial charge in [-0.1, -0.05) is 6.42 Å². The Morgan fingerprint density at radius 2 is 2.17 bits per heavy atom. The van der Waals surface area contributed by atoms with Crippen LogP contribution in [0.1, 0.15) is 36.9 Å². The number of anilines is 1. The average molecular weight is 247 g/mol. The molecule has 0 aliphatic heterocycles. The van der Waals surface area contributed by atoms with Gasteiger partial charge in [0, 0.05) is 17.3 Å². The van der Waals surface area contributed by atoms with Gasteiger partial charge in [0.1, 0.15) is 12.1 Å². The van der Waals surface area contributed by atoms with Gasteiger partial charge in [-0.3, -0.25) is 4.79 Å². The molecular weight excluding hydrogens is 230 g/mol. The second-order valence-corrected chi connectivity index (χ2v) is 5.13. The summed E-state index contributed by atoms with van der Waals surface area (Å²) in [6.45, 7) is 0. The molecule has 5 heteroatoms. The Labute approximate surface area is 106 Å². The molecule has 1 saturated carbocycles. The molecule has 2 aliphatic rings. The number of fused-ring (bicyclic) bond motifs is 1. The Balaban J connectivity index is 1.81. The smallest absolute Gasteiger partial charge is 0.308 e. The van der Waals surface area contributed by atoms with Crippen LogP contribution in [0.2, 0.25) is 0 Å². The molecule has 96 valence electrons. The molecule has 1 aromatic rings. The lowest BCUT2D eigenvalue weighted by atomic mass is 10.0. The van der Waals surface area contributed by atoms with E-state index in [1.54, 1.807) is 6.33 Å². The van der Waals surface area contributed by atoms with Crippen LogP contribution in [0.25, 0.3) is 0 Å². The van der Waals surface area contributed by atoms with E-state index in [1.807, 2.05) is 0 Å². The second kappa shape index (κ2) is 4.55. The quantitative estimate of drug-likeness (QED) is 0.849. The maximum atomic E-state index is 11.2. The van der Waals surface area contributed by atoms with Crippen LogP contribution in [-0.4, -0.2) is 27.1 Å². The Kier molecular flexibility index (Phi) is 2.89. The predicted molar refractivity (Wildman–Crippen MR) is 66.4 cm³/mol. The molecule has 18 heavy (non-hydrogen) atoms. The van der Waals surface area contributed by atoms with Crippen molar-refractivity contribution in [2.45, 2.75) is 44.6 Å². The van der Waals surface area contributed by atoms with Gasteiger partial charge in [0.25, 0.3) is 0 Å². The van der Waals surface area contributed by atoms with Gasteiger partial charge in [0.15, 0.2) is 0 Å². The lowest BCUT2D eigenvalue weighted by molar-refractivity contribution is -0.141. The maximum absolute atomic E-state index is 11.2. The fourth-order valence-electron chi connectivity index (χ4n) is 3.09. The highest BCUT2D eigenvalue weighted by atomic mass is 16.4. The van der Waals surface area contributed by atoms with E-state index in [9.17, 15) is 9.90 Å². The molecule has 0 bridgehead atoms. The van der Waals surface area contributed by atoms with E-state index in [-0.39, 0.29) is 12.0 Å². The minimum Gasteiger partial charge on any atom is -0.481 e. The first kappa shape index (κ1) is 11.4. The number of nitrogens with one attached hydrogen (secondary N) is 1. The molecule has 0 spiro atoms. The van der Waals surface area contributed by atoms with Crippen molar-refractivity contribution in [1.29, 1.82) is 0 Å². The summed E-state index contributed by atoms with van der Waals surface area (Å²) in [5.74, 6) is -0.122. The highest BCUT2D eigenvalue weighted by molar-refractivity contribution is 5.72. The number of aromatic nitrogens is 2. The Morgan fingerprint density at radius 1 is 1.28 bits per heavy atom. The van der Waals surface area contributed by atoms with Gasteiger partial charge in [0.05, 0.1) is 5.92 Å². The van der Waals surface area contributed by atoms with Gasteiger partial charge in [-0.05, 0) is 32.1 Å². The van der Waals surface area contributed by atoms with Crippen molar-refractivity contribution in [2.75, 3.05) is 5.32 Å². The Morgan fingerprint density at radius 3 is 3.00 bits per heavy atom. The number of rotatable bonds is 3. The number of carbonyl (C=O) groups is 1. The standard InChI is InChI=1S/C13H17N3O2/c17-13(18)9-4-2-6-11(9)16-12-8-3-1-5-10(8)14-7-15-12/h7,9,11H,1-6H2,(H,17,18)(H,14,15,16). The van der Waals surface area contributed by atoms with Crippen molar-refractivity contribution in [3.05, 3.63) is 17.6 Å². The van der Waals surface area contributed by atoms with Crippen LogP contribution in [-0.2, 0) is 17.6 Å². The monoisotopic (exact) mass is 247 g/mol. The van der Waals surface area contributed by atoms with E-state index in [4.69, 9.17) is 0 Å². The summed E-state index contributed by atoms with van der Waals surface area (Å²) >= 11 is 0. The molecule has 0 aromatic carbocycles. The third kappa shape index (κ3) is 1.94. The summed E-state index contributed by atoms with van der Waals surface area (Å²) in [5.41, 5.74) is 2.31. The third-order valence-electron chi connectivity index (χ3n) is 4.03. The Bertz CT molecular complexity index is 475. The molecule has 2 unspecified atom stereocenters. The fourth-order valence-corrected chi connectivity index (χ4v) is 3.09. The molecule has 3 rings (SSSR count). The fraction of sp³-hybridized carbons (Fsp3) is 0.615. The summed E-state index contributed by atoms with van der Waals surface area (Å²) in [5, 5.41) is 12.5. The van der Waals surface area contributed by atoms with Crippen LogP contribution < -0.4 is 5.32 Å². The number of carboxylic acids is 1. The zero-order chi connectivity index (χ0) is 12.5. The first-order chi connectivity index (χ1) is 8.75. The van der Waals surface area contributed by atoms with Crippen LogP contribution in [0.4, 0.5) is 5.82 Å². The minimum absolute atomic E-state index is 0.0158. The molecule has 1 aromatic heterocycles. The molecule has 0 radical (unpaired) electrons. The average Bonchev–Trinajstić information content (AvgIpc) is 2.96. The summed E-state index contributed by atoms with van der Waals surface area (Å²) in [6.07, 6.45) is 7.37.